The summed E-state index contributed by atoms with van der Waals surface area (Å²) >= 11 is 0. The Balaban J connectivity index is 1.81. The van der Waals surface area contributed by atoms with E-state index in [9.17, 15) is 0 Å². The van der Waals surface area contributed by atoms with Gasteiger partial charge in [0.15, 0.2) is 0 Å². The SMILES string of the molecule is CCc1cccc(Cc2ccc3c(c2)CCC(C)N3)c1. The number of rotatable bonds is 3. The second-order valence-corrected chi connectivity index (χ2v) is 5.93. The molecule has 1 aliphatic rings. The van der Waals surface area contributed by atoms with Crippen LogP contribution in [0.15, 0.2) is 42.5 Å². The van der Waals surface area contributed by atoms with E-state index in [1.807, 2.05) is 0 Å². The van der Waals surface area contributed by atoms with Crippen LogP contribution in [0.1, 0.15) is 42.5 Å². The lowest BCUT2D eigenvalue weighted by Crippen LogP contribution is -2.21. The Morgan fingerprint density at radius 3 is 2.70 bits per heavy atom. The van der Waals surface area contributed by atoms with Gasteiger partial charge >= 0.3 is 0 Å². The Labute approximate surface area is 122 Å². The first-order valence-electron chi connectivity index (χ1n) is 7.70. The number of benzene rings is 2. The minimum Gasteiger partial charge on any atom is -0.382 e. The smallest absolute Gasteiger partial charge is 0.0374 e. The highest BCUT2D eigenvalue weighted by Gasteiger charge is 2.14. The molecule has 0 amide bonds. The Kier molecular flexibility index (Phi) is 3.77. The van der Waals surface area contributed by atoms with Gasteiger partial charge in [0.1, 0.15) is 0 Å². The first-order chi connectivity index (χ1) is 9.74. The second kappa shape index (κ2) is 5.70. The molecule has 1 nitrogen and oxygen atoms in total. The quantitative estimate of drug-likeness (QED) is 0.856. The van der Waals surface area contributed by atoms with Gasteiger partial charge in [-0.05, 0) is 60.9 Å². The molecule has 1 heterocycles. The number of fused-ring (bicyclic) bond motifs is 1. The Bertz CT molecular complexity index is 600. The standard InChI is InChI=1S/C19H23N/c1-3-15-5-4-6-16(11-15)12-17-8-10-19-18(13-17)9-7-14(2)20-19/h4-6,8,10-11,13-14,20H,3,7,9,12H2,1-2H3. The molecule has 1 N–H and O–H groups in total. The maximum absolute atomic E-state index is 3.57. The summed E-state index contributed by atoms with van der Waals surface area (Å²) in [6.45, 7) is 4.47. The van der Waals surface area contributed by atoms with Crippen LogP contribution in [-0.2, 0) is 19.3 Å². The maximum atomic E-state index is 3.57. The number of anilines is 1. The van der Waals surface area contributed by atoms with Crippen LogP contribution in [0.4, 0.5) is 5.69 Å². The van der Waals surface area contributed by atoms with E-state index in [1.54, 1.807) is 0 Å². The van der Waals surface area contributed by atoms with Gasteiger partial charge in [0.05, 0.1) is 0 Å². The molecule has 1 atom stereocenters. The van der Waals surface area contributed by atoms with E-state index in [0.717, 1.165) is 12.8 Å². The Morgan fingerprint density at radius 2 is 1.85 bits per heavy atom. The van der Waals surface area contributed by atoms with Gasteiger partial charge in [0.2, 0.25) is 0 Å². The van der Waals surface area contributed by atoms with Crippen LogP contribution in [0.25, 0.3) is 0 Å². The van der Waals surface area contributed by atoms with Crippen LogP contribution >= 0.6 is 0 Å². The zero-order valence-electron chi connectivity index (χ0n) is 12.4. The number of aryl methyl sites for hydroxylation is 2. The molecule has 1 heteroatoms. The van der Waals surface area contributed by atoms with Crippen molar-refractivity contribution in [3.05, 3.63) is 64.7 Å². The molecule has 0 fully saturated rings. The fourth-order valence-electron chi connectivity index (χ4n) is 3.01. The first-order valence-corrected chi connectivity index (χ1v) is 7.70. The minimum absolute atomic E-state index is 0.606. The molecule has 2 aromatic carbocycles. The summed E-state index contributed by atoms with van der Waals surface area (Å²) in [5, 5.41) is 3.57. The third-order valence-electron chi connectivity index (χ3n) is 4.23. The van der Waals surface area contributed by atoms with Crippen molar-refractivity contribution in [2.75, 3.05) is 5.32 Å². The number of hydrogen-bond donors (Lipinski definition) is 1. The fourth-order valence-corrected chi connectivity index (χ4v) is 3.01. The lowest BCUT2D eigenvalue weighted by Gasteiger charge is -2.24. The molecule has 1 unspecified atom stereocenters. The molecule has 20 heavy (non-hydrogen) atoms. The molecule has 0 saturated heterocycles. The lowest BCUT2D eigenvalue weighted by atomic mass is 9.94. The zero-order chi connectivity index (χ0) is 13.9. The summed E-state index contributed by atoms with van der Waals surface area (Å²) in [6.07, 6.45) is 4.59. The molecule has 0 aliphatic carbocycles. The van der Waals surface area contributed by atoms with Crippen molar-refractivity contribution in [2.45, 2.75) is 45.6 Å². The highest BCUT2D eigenvalue weighted by Crippen LogP contribution is 2.26. The molecular formula is C19H23N. The van der Waals surface area contributed by atoms with E-state index >= 15 is 0 Å². The van der Waals surface area contributed by atoms with Crippen LogP contribution in [0, 0.1) is 0 Å². The molecular weight excluding hydrogens is 242 g/mol. The average Bonchev–Trinajstić information content (AvgIpc) is 2.47. The van der Waals surface area contributed by atoms with Gasteiger partial charge < -0.3 is 5.32 Å². The Hall–Kier alpha value is -1.76. The molecule has 0 saturated carbocycles. The largest absolute Gasteiger partial charge is 0.382 e. The van der Waals surface area contributed by atoms with Crippen LogP contribution in [0.5, 0.6) is 0 Å². The highest BCUT2D eigenvalue weighted by molar-refractivity contribution is 5.55. The first kappa shape index (κ1) is 13.2. The predicted octanol–water partition coefficient (Wildman–Crippen LogP) is 4.59. The van der Waals surface area contributed by atoms with Crippen molar-refractivity contribution in [2.24, 2.45) is 0 Å². The van der Waals surface area contributed by atoms with E-state index in [-0.39, 0.29) is 0 Å². The molecule has 0 radical (unpaired) electrons. The number of hydrogen-bond acceptors (Lipinski definition) is 1. The van der Waals surface area contributed by atoms with Gasteiger partial charge in [-0.2, -0.15) is 0 Å². The minimum atomic E-state index is 0.606. The van der Waals surface area contributed by atoms with Gasteiger partial charge in [-0.25, -0.2) is 0 Å². The average molecular weight is 265 g/mol. The monoisotopic (exact) mass is 265 g/mol. The summed E-state index contributed by atoms with van der Waals surface area (Å²) in [5.74, 6) is 0. The van der Waals surface area contributed by atoms with Crippen molar-refractivity contribution >= 4 is 5.69 Å². The van der Waals surface area contributed by atoms with E-state index in [4.69, 9.17) is 0 Å². The maximum Gasteiger partial charge on any atom is 0.0374 e. The van der Waals surface area contributed by atoms with Gasteiger partial charge in [0.25, 0.3) is 0 Å². The summed E-state index contributed by atoms with van der Waals surface area (Å²) in [5.41, 5.74) is 7.08. The van der Waals surface area contributed by atoms with Gasteiger partial charge in [-0.3, -0.25) is 0 Å². The molecule has 0 aromatic heterocycles. The van der Waals surface area contributed by atoms with Crippen molar-refractivity contribution in [1.29, 1.82) is 0 Å². The van der Waals surface area contributed by atoms with Gasteiger partial charge in [0, 0.05) is 11.7 Å². The zero-order valence-corrected chi connectivity index (χ0v) is 12.4. The lowest BCUT2D eigenvalue weighted by molar-refractivity contribution is 0.680. The van der Waals surface area contributed by atoms with E-state index in [2.05, 4.69) is 61.6 Å². The van der Waals surface area contributed by atoms with Crippen LogP contribution < -0.4 is 5.32 Å². The second-order valence-electron chi connectivity index (χ2n) is 5.93. The van der Waals surface area contributed by atoms with E-state index < -0.39 is 0 Å². The summed E-state index contributed by atoms with van der Waals surface area (Å²) in [4.78, 5) is 0. The third-order valence-corrected chi connectivity index (χ3v) is 4.23. The summed E-state index contributed by atoms with van der Waals surface area (Å²) < 4.78 is 0. The molecule has 0 spiro atoms. The van der Waals surface area contributed by atoms with Gasteiger partial charge in [-0.15, -0.1) is 0 Å². The summed E-state index contributed by atoms with van der Waals surface area (Å²) in [6, 6.07) is 16.5. The molecule has 104 valence electrons. The molecule has 1 aliphatic heterocycles. The van der Waals surface area contributed by atoms with Crippen LogP contribution in [-0.4, -0.2) is 6.04 Å². The fraction of sp³-hybridized carbons (Fsp3) is 0.368. The molecule has 2 aromatic rings. The van der Waals surface area contributed by atoms with Crippen molar-refractivity contribution < 1.29 is 0 Å². The van der Waals surface area contributed by atoms with Crippen LogP contribution in [0.3, 0.4) is 0 Å². The van der Waals surface area contributed by atoms with Crippen molar-refractivity contribution in [1.82, 2.24) is 0 Å². The van der Waals surface area contributed by atoms with Gasteiger partial charge in [-0.1, -0.05) is 43.3 Å². The molecule has 0 bridgehead atoms. The normalized spacial score (nSPS) is 17.4. The van der Waals surface area contributed by atoms with Crippen molar-refractivity contribution in [3.8, 4) is 0 Å². The predicted molar refractivity (Wildman–Crippen MR) is 86.5 cm³/mol. The Morgan fingerprint density at radius 1 is 1.05 bits per heavy atom. The van der Waals surface area contributed by atoms with Crippen LogP contribution in [0.2, 0.25) is 0 Å². The van der Waals surface area contributed by atoms with E-state index in [0.29, 0.717) is 6.04 Å². The van der Waals surface area contributed by atoms with E-state index in [1.165, 1.54) is 40.8 Å². The molecule has 3 rings (SSSR count). The topological polar surface area (TPSA) is 12.0 Å². The highest BCUT2D eigenvalue weighted by atomic mass is 14.9. The third kappa shape index (κ3) is 2.87. The number of nitrogens with one attached hydrogen (secondary N) is 1. The van der Waals surface area contributed by atoms with Crippen molar-refractivity contribution in [3.63, 3.8) is 0 Å². The summed E-state index contributed by atoms with van der Waals surface area (Å²) in [7, 11) is 0.